The molecule has 1 fully saturated rings. The van der Waals surface area contributed by atoms with E-state index in [0.717, 1.165) is 12.8 Å². The van der Waals surface area contributed by atoms with Crippen LogP contribution in [0.4, 0.5) is 0 Å². The second-order valence-electron chi connectivity index (χ2n) is 6.58. The van der Waals surface area contributed by atoms with Gasteiger partial charge in [0.2, 0.25) is 15.9 Å². The van der Waals surface area contributed by atoms with E-state index in [1.165, 1.54) is 24.3 Å². The molecule has 0 aromatic heterocycles. The van der Waals surface area contributed by atoms with Crippen molar-refractivity contribution in [2.24, 2.45) is 11.8 Å². The van der Waals surface area contributed by atoms with Gasteiger partial charge in [-0.15, -0.1) is 0 Å². The number of carboxylic acids is 1. The number of rotatable bonds is 6. The zero-order valence-corrected chi connectivity index (χ0v) is 15.3. The fraction of sp³-hybridized carbons (Fsp3) is 0.529. The third kappa shape index (κ3) is 4.79. The van der Waals surface area contributed by atoms with Crippen LogP contribution in [0.1, 0.15) is 37.0 Å². The van der Waals surface area contributed by atoms with Crippen LogP contribution in [0.2, 0.25) is 0 Å². The van der Waals surface area contributed by atoms with Crippen LogP contribution >= 0.6 is 0 Å². The fourth-order valence-corrected chi connectivity index (χ4v) is 4.22. The fourth-order valence-electron chi connectivity index (χ4n) is 2.91. The van der Waals surface area contributed by atoms with E-state index in [9.17, 15) is 18.0 Å². The highest BCUT2D eigenvalue weighted by Gasteiger charge is 2.27. The minimum atomic E-state index is -3.89. The zero-order chi connectivity index (χ0) is 18.6. The third-order valence-electron chi connectivity index (χ3n) is 4.39. The van der Waals surface area contributed by atoms with E-state index in [-0.39, 0.29) is 34.7 Å². The molecular weight excluding hydrogens is 344 g/mol. The Morgan fingerprint density at radius 1 is 1.24 bits per heavy atom. The molecule has 1 heterocycles. The van der Waals surface area contributed by atoms with Crippen LogP contribution in [-0.2, 0) is 14.8 Å². The number of carboxylic acid groups (broad SMARTS) is 1. The molecule has 2 rings (SSSR count). The number of nitrogens with zero attached hydrogens (tertiary/aromatic N) is 1. The average molecular weight is 368 g/mol. The number of carbonyl (C=O) groups is 2. The number of carbonyl (C=O) groups excluding carboxylic acids is 1. The summed E-state index contributed by atoms with van der Waals surface area (Å²) in [5.74, 6) is -1.07. The Hall–Kier alpha value is -1.93. The normalized spacial score (nSPS) is 16.2. The molecule has 138 valence electrons. The van der Waals surface area contributed by atoms with Gasteiger partial charge in [0.25, 0.3) is 0 Å². The van der Waals surface area contributed by atoms with Gasteiger partial charge in [-0.2, -0.15) is 0 Å². The standard InChI is InChI=1S/C17H24N2O5S/c1-12(2)16(20)19-9-7-13(8-10-19)11-18-25(23,24)15-6-4-3-5-14(15)17(21)22/h3-6,12-13,18H,7-11H2,1-2H3,(H,21,22). The lowest BCUT2D eigenvalue weighted by Gasteiger charge is -2.33. The van der Waals surface area contributed by atoms with Gasteiger partial charge in [-0.3, -0.25) is 4.79 Å². The van der Waals surface area contributed by atoms with Gasteiger partial charge >= 0.3 is 5.97 Å². The molecule has 0 bridgehead atoms. The van der Waals surface area contributed by atoms with Gasteiger partial charge in [0.05, 0.1) is 10.5 Å². The number of sulfonamides is 1. The Morgan fingerprint density at radius 2 is 1.84 bits per heavy atom. The molecule has 1 aromatic rings. The Morgan fingerprint density at radius 3 is 2.40 bits per heavy atom. The van der Waals surface area contributed by atoms with E-state index >= 15 is 0 Å². The Balaban J connectivity index is 1.96. The molecule has 0 unspecified atom stereocenters. The van der Waals surface area contributed by atoms with Crippen molar-refractivity contribution in [2.45, 2.75) is 31.6 Å². The van der Waals surface area contributed by atoms with Crippen molar-refractivity contribution in [3.8, 4) is 0 Å². The number of piperidine rings is 1. The molecule has 1 amide bonds. The molecule has 0 radical (unpaired) electrons. The van der Waals surface area contributed by atoms with Crippen molar-refractivity contribution in [2.75, 3.05) is 19.6 Å². The van der Waals surface area contributed by atoms with Gasteiger partial charge in [0.15, 0.2) is 0 Å². The van der Waals surface area contributed by atoms with Crippen molar-refractivity contribution in [3.05, 3.63) is 29.8 Å². The van der Waals surface area contributed by atoms with Crippen molar-refractivity contribution in [3.63, 3.8) is 0 Å². The van der Waals surface area contributed by atoms with E-state index in [4.69, 9.17) is 5.11 Å². The van der Waals surface area contributed by atoms with Crippen LogP contribution in [-0.4, -0.2) is 49.9 Å². The monoisotopic (exact) mass is 368 g/mol. The third-order valence-corrected chi connectivity index (χ3v) is 5.87. The second-order valence-corrected chi connectivity index (χ2v) is 8.31. The summed E-state index contributed by atoms with van der Waals surface area (Å²) in [6.07, 6.45) is 1.45. The molecule has 0 spiro atoms. The molecule has 0 aliphatic carbocycles. The molecule has 1 aliphatic rings. The molecule has 1 aliphatic heterocycles. The summed E-state index contributed by atoms with van der Waals surface area (Å²) < 4.78 is 27.4. The molecule has 0 atom stereocenters. The molecule has 25 heavy (non-hydrogen) atoms. The van der Waals surface area contributed by atoms with Gasteiger partial charge in [-0.05, 0) is 30.9 Å². The van der Waals surface area contributed by atoms with Crippen LogP contribution in [0.3, 0.4) is 0 Å². The largest absolute Gasteiger partial charge is 0.478 e. The lowest BCUT2D eigenvalue weighted by molar-refractivity contribution is -0.135. The number of benzene rings is 1. The van der Waals surface area contributed by atoms with E-state index in [0.29, 0.717) is 13.1 Å². The molecule has 2 N–H and O–H groups in total. The summed E-state index contributed by atoms with van der Waals surface area (Å²) in [5.41, 5.74) is -0.243. The second kappa shape index (κ2) is 7.97. The summed E-state index contributed by atoms with van der Waals surface area (Å²) in [4.78, 5) is 24.8. The summed E-state index contributed by atoms with van der Waals surface area (Å²) >= 11 is 0. The van der Waals surface area contributed by atoms with Crippen molar-refractivity contribution in [1.82, 2.24) is 9.62 Å². The first kappa shape index (κ1) is 19.4. The van der Waals surface area contributed by atoms with Crippen molar-refractivity contribution in [1.29, 1.82) is 0 Å². The number of aromatic carboxylic acids is 1. The molecule has 8 heteroatoms. The van der Waals surface area contributed by atoms with Gasteiger partial charge in [-0.25, -0.2) is 17.9 Å². The van der Waals surface area contributed by atoms with E-state index in [2.05, 4.69) is 4.72 Å². The van der Waals surface area contributed by atoms with Crippen LogP contribution in [0.15, 0.2) is 29.2 Å². The van der Waals surface area contributed by atoms with Crippen LogP contribution in [0.25, 0.3) is 0 Å². The zero-order valence-electron chi connectivity index (χ0n) is 14.4. The van der Waals surface area contributed by atoms with E-state index in [1.54, 1.807) is 0 Å². The minimum absolute atomic E-state index is 0.0393. The summed E-state index contributed by atoms with van der Waals surface area (Å²) in [6.45, 7) is 5.20. The quantitative estimate of drug-likeness (QED) is 0.793. The van der Waals surface area contributed by atoms with Gasteiger partial charge in [-0.1, -0.05) is 26.0 Å². The summed E-state index contributed by atoms with van der Waals surface area (Å²) in [5, 5.41) is 9.14. The number of amides is 1. The molecule has 1 saturated heterocycles. The average Bonchev–Trinajstić information content (AvgIpc) is 2.59. The Bertz CT molecular complexity index is 737. The van der Waals surface area contributed by atoms with Gasteiger partial charge in [0, 0.05) is 25.6 Å². The van der Waals surface area contributed by atoms with Crippen LogP contribution < -0.4 is 4.72 Å². The number of hydrogen-bond acceptors (Lipinski definition) is 4. The van der Waals surface area contributed by atoms with Crippen LogP contribution in [0.5, 0.6) is 0 Å². The molecular formula is C17H24N2O5S. The van der Waals surface area contributed by atoms with Crippen molar-refractivity contribution >= 4 is 21.9 Å². The maximum atomic E-state index is 12.4. The maximum Gasteiger partial charge on any atom is 0.337 e. The van der Waals surface area contributed by atoms with E-state index in [1.807, 2.05) is 18.7 Å². The lowest BCUT2D eigenvalue weighted by Crippen LogP contribution is -2.43. The maximum absolute atomic E-state index is 12.4. The smallest absolute Gasteiger partial charge is 0.337 e. The van der Waals surface area contributed by atoms with Gasteiger partial charge < -0.3 is 10.0 Å². The highest BCUT2D eigenvalue weighted by molar-refractivity contribution is 7.89. The number of hydrogen-bond donors (Lipinski definition) is 2. The highest BCUT2D eigenvalue weighted by atomic mass is 32.2. The minimum Gasteiger partial charge on any atom is -0.478 e. The number of likely N-dealkylation sites (tertiary alicyclic amines) is 1. The predicted molar refractivity (Wildman–Crippen MR) is 92.7 cm³/mol. The molecule has 1 aromatic carbocycles. The predicted octanol–water partition coefficient (Wildman–Crippen LogP) is 1.56. The van der Waals surface area contributed by atoms with Crippen LogP contribution in [0, 0.1) is 11.8 Å². The van der Waals surface area contributed by atoms with Gasteiger partial charge in [0.1, 0.15) is 0 Å². The molecule has 0 saturated carbocycles. The first-order valence-corrected chi connectivity index (χ1v) is 9.81. The Kier molecular flexibility index (Phi) is 6.18. The first-order valence-electron chi connectivity index (χ1n) is 8.33. The highest BCUT2D eigenvalue weighted by Crippen LogP contribution is 2.20. The topological polar surface area (TPSA) is 104 Å². The first-order chi connectivity index (χ1) is 11.7. The lowest BCUT2D eigenvalue weighted by atomic mass is 9.96. The number of nitrogens with one attached hydrogen (secondary N) is 1. The molecule has 7 nitrogen and oxygen atoms in total. The Labute approximate surface area is 148 Å². The SMILES string of the molecule is CC(C)C(=O)N1CCC(CNS(=O)(=O)c2ccccc2C(=O)O)CC1. The van der Waals surface area contributed by atoms with E-state index < -0.39 is 16.0 Å². The van der Waals surface area contributed by atoms with Crippen molar-refractivity contribution < 1.29 is 23.1 Å². The summed E-state index contributed by atoms with van der Waals surface area (Å²) in [7, 11) is -3.89. The summed E-state index contributed by atoms with van der Waals surface area (Å²) in [6, 6.07) is 5.55.